The molecule has 0 saturated carbocycles. The first-order chi connectivity index (χ1) is 11.3. The Morgan fingerprint density at radius 1 is 1.12 bits per heavy atom. The number of imidazole rings is 1. The maximum Gasteiger partial charge on any atom is 0.251 e. The number of hydrogen-bond acceptors (Lipinski definition) is 2. The van der Waals surface area contributed by atoms with Crippen LogP contribution in [0, 0.1) is 0 Å². The molecule has 124 valence electrons. The van der Waals surface area contributed by atoms with Crippen LogP contribution in [0.3, 0.4) is 0 Å². The summed E-state index contributed by atoms with van der Waals surface area (Å²) in [5, 5.41) is 2.92. The third-order valence-electron chi connectivity index (χ3n) is 3.91. The lowest BCUT2D eigenvalue weighted by Crippen LogP contribution is -2.23. The number of nitrogens with one attached hydrogen (secondary N) is 1. The predicted octanol–water partition coefficient (Wildman–Crippen LogP) is 4.32. The molecule has 1 N–H and O–H groups in total. The molecule has 0 fully saturated rings. The van der Waals surface area contributed by atoms with Crippen LogP contribution in [0.1, 0.15) is 42.4 Å². The van der Waals surface area contributed by atoms with Crippen molar-refractivity contribution in [3.8, 4) is 0 Å². The van der Waals surface area contributed by atoms with E-state index in [1.54, 1.807) is 0 Å². The second-order valence-electron chi connectivity index (χ2n) is 6.86. The summed E-state index contributed by atoms with van der Waals surface area (Å²) in [4.78, 5) is 16.8. The van der Waals surface area contributed by atoms with Crippen LogP contribution < -0.4 is 5.32 Å². The van der Waals surface area contributed by atoms with E-state index in [0.717, 1.165) is 15.8 Å². The number of fused-ring (bicyclic) bond motifs is 1. The van der Waals surface area contributed by atoms with Crippen molar-refractivity contribution in [1.29, 1.82) is 0 Å². The first kappa shape index (κ1) is 16.7. The summed E-state index contributed by atoms with van der Waals surface area (Å²) in [6.07, 6.45) is 3.86. The van der Waals surface area contributed by atoms with E-state index in [-0.39, 0.29) is 11.3 Å². The third kappa shape index (κ3) is 3.67. The largest absolute Gasteiger partial charge is 0.346 e. The summed E-state index contributed by atoms with van der Waals surface area (Å²) in [7, 11) is 0. The van der Waals surface area contributed by atoms with Crippen molar-refractivity contribution in [1.82, 2.24) is 14.7 Å². The maximum absolute atomic E-state index is 12.3. The van der Waals surface area contributed by atoms with Crippen molar-refractivity contribution < 1.29 is 4.79 Å². The van der Waals surface area contributed by atoms with Gasteiger partial charge in [0, 0.05) is 22.4 Å². The highest BCUT2D eigenvalue weighted by Gasteiger charge is 2.14. The number of benzene rings is 1. The smallest absolute Gasteiger partial charge is 0.251 e. The van der Waals surface area contributed by atoms with Crippen LogP contribution in [0.15, 0.2) is 53.3 Å². The van der Waals surface area contributed by atoms with Gasteiger partial charge in [-0.1, -0.05) is 32.9 Å². The van der Waals surface area contributed by atoms with Gasteiger partial charge >= 0.3 is 0 Å². The average Bonchev–Trinajstić information content (AvgIpc) is 2.94. The molecular formula is C19H20BrN3O. The first-order valence-corrected chi connectivity index (χ1v) is 8.64. The standard InChI is InChI=1S/C19H20BrN3O/c1-19(2,3)14-6-4-13(5-7-14)18(24)21-10-16-12-23-11-15(20)8-9-17(23)22-16/h4-9,11-12H,10H2,1-3H3,(H,21,24). The van der Waals surface area contributed by atoms with Crippen molar-refractivity contribution >= 4 is 27.5 Å². The van der Waals surface area contributed by atoms with Crippen molar-refractivity contribution in [2.24, 2.45) is 0 Å². The zero-order chi connectivity index (χ0) is 17.3. The van der Waals surface area contributed by atoms with Crippen molar-refractivity contribution in [2.45, 2.75) is 32.7 Å². The number of nitrogens with zero attached hydrogens (tertiary/aromatic N) is 2. The molecule has 1 amide bonds. The van der Waals surface area contributed by atoms with Gasteiger partial charge in [-0.2, -0.15) is 0 Å². The van der Waals surface area contributed by atoms with E-state index in [2.05, 4.69) is 47.0 Å². The van der Waals surface area contributed by atoms with Crippen LogP contribution >= 0.6 is 15.9 Å². The second kappa shape index (κ2) is 6.40. The number of amides is 1. The molecule has 0 aliphatic carbocycles. The molecule has 5 heteroatoms. The summed E-state index contributed by atoms with van der Waals surface area (Å²) < 4.78 is 2.92. The van der Waals surface area contributed by atoms with Gasteiger partial charge in [-0.3, -0.25) is 4.79 Å². The highest BCUT2D eigenvalue weighted by molar-refractivity contribution is 9.10. The molecule has 0 bridgehead atoms. The van der Waals surface area contributed by atoms with Crippen LogP contribution in [-0.2, 0) is 12.0 Å². The van der Waals surface area contributed by atoms with Crippen molar-refractivity contribution in [2.75, 3.05) is 0 Å². The fourth-order valence-electron chi connectivity index (χ4n) is 2.50. The molecular weight excluding hydrogens is 366 g/mol. The number of halogens is 1. The molecule has 0 aliphatic heterocycles. The summed E-state index contributed by atoms with van der Waals surface area (Å²) >= 11 is 3.44. The van der Waals surface area contributed by atoms with Gasteiger partial charge in [-0.15, -0.1) is 0 Å². The zero-order valence-corrected chi connectivity index (χ0v) is 15.6. The number of pyridine rings is 1. The average molecular weight is 386 g/mol. The summed E-state index contributed by atoms with van der Waals surface area (Å²) in [6, 6.07) is 11.6. The number of carbonyl (C=O) groups excluding carboxylic acids is 1. The minimum absolute atomic E-state index is 0.0832. The fraction of sp³-hybridized carbons (Fsp3) is 0.263. The molecule has 2 aromatic heterocycles. The Balaban J connectivity index is 1.68. The molecule has 3 aromatic rings. The van der Waals surface area contributed by atoms with E-state index < -0.39 is 0 Å². The molecule has 0 spiro atoms. The van der Waals surface area contributed by atoms with Crippen LogP contribution in [0.25, 0.3) is 5.65 Å². The van der Waals surface area contributed by atoms with Gasteiger partial charge in [0.1, 0.15) is 5.65 Å². The molecule has 2 heterocycles. The Kier molecular flexibility index (Phi) is 4.45. The molecule has 3 rings (SSSR count). The van der Waals surface area contributed by atoms with Crippen LogP contribution in [0.2, 0.25) is 0 Å². The Labute approximate surface area is 150 Å². The zero-order valence-electron chi connectivity index (χ0n) is 14.0. The van der Waals surface area contributed by atoms with Crippen LogP contribution in [-0.4, -0.2) is 15.3 Å². The van der Waals surface area contributed by atoms with E-state index in [9.17, 15) is 4.79 Å². The van der Waals surface area contributed by atoms with E-state index >= 15 is 0 Å². The number of carbonyl (C=O) groups is 1. The minimum atomic E-state index is -0.0892. The molecule has 0 atom stereocenters. The number of rotatable bonds is 3. The van der Waals surface area contributed by atoms with Gasteiger partial charge in [0.25, 0.3) is 5.91 Å². The molecule has 24 heavy (non-hydrogen) atoms. The monoisotopic (exact) mass is 385 g/mol. The number of hydrogen-bond donors (Lipinski definition) is 1. The second-order valence-corrected chi connectivity index (χ2v) is 7.77. The van der Waals surface area contributed by atoms with Gasteiger partial charge in [0.15, 0.2) is 0 Å². The summed E-state index contributed by atoms with van der Waals surface area (Å²) in [6.45, 7) is 6.87. The van der Waals surface area contributed by atoms with E-state index in [1.165, 1.54) is 5.56 Å². The maximum atomic E-state index is 12.3. The fourth-order valence-corrected chi connectivity index (χ4v) is 2.85. The Bertz CT molecular complexity index is 876. The van der Waals surface area contributed by atoms with Gasteiger partial charge < -0.3 is 9.72 Å². The highest BCUT2D eigenvalue weighted by Crippen LogP contribution is 2.22. The van der Waals surface area contributed by atoms with Gasteiger partial charge in [0.2, 0.25) is 0 Å². The van der Waals surface area contributed by atoms with Crippen molar-refractivity contribution in [3.05, 3.63) is 70.1 Å². The normalized spacial score (nSPS) is 11.7. The van der Waals surface area contributed by atoms with Gasteiger partial charge in [-0.05, 0) is 51.2 Å². The van der Waals surface area contributed by atoms with E-state index in [4.69, 9.17) is 0 Å². The van der Waals surface area contributed by atoms with E-state index in [1.807, 2.05) is 53.2 Å². The number of aromatic nitrogens is 2. The summed E-state index contributed by atoms with van der Waals surface area (Å²) in [5.74, 6) is -0.0892. The molecule has 0 radical (unpaired) electrons. The minimum Gasteiger partial charge on any atom is -0.346 e. The molecule has 0 aliphatic rings. The molecule has 4 nitrogen and oxygen atoms in total. The third-order valence-corrected chi connectivity index (χ3v) is 4.38. The molecule has 0 unspecified atom stereocenters. The molecule has 1 aromatic carbocycles. The van der Waals surface area contributed by atoms with Crippen molar-refractivity contribution in [3.63, 3.8) is 0 Å². The lowest BCUT2D eigenvalue weighted by molar-refractivity contribution is 0.0950. The van der Waals surface area contributed by atoms with E-state index in [0.29, 0.717) is 12.1 Å². The highest BCUT2D eigenvalue weighted by atomic mass is 79.9. The van der Waals surface area contributed by atoms with Crippen LogP contribution in [0.5, 0.6) is 0 Å². The van der Waals surface area contributed by atoms with Crippen LogP contribution in [0.4, 0.5) is 0 Å². The summed E-state index contributed by atoms with van der Waals surface area (Å²) in [5.41, 5.74) is 3.64. The lowest BCUT2D eigenvalue weighted by atomic mass is 9.87. The van der Waals surface area contributed by atoms with Gasteiger partial charge in [-0.25, -0.2) is 4.98 Å². The predicted molar refractivity (Wildman–Crippen MR) is 99.2 cm³/mol. The Hall–Kier alpha value is -2.14. The lowest BCUT2D eigenvalue weighted by Gasteiger charge is -2.19. The SMILES string of the molecule is CC(C)(C)c1ccc(C(=O)NCc2cn3cc(Br)ccc3n2)cc1. The molecule has 0 saturated heterocycles. The quantitative estimate of drug-likeness (QED) is 0.729. The first-order valence-electron chi connectivity index (χ1n) is 7.85. The van der Waals surface area contributed by atoms with Gasteiger partial charge in [0.05, 0.1) is 12.2 Å². The topological polar surface area (TPSA) is 46.4 Å². The Morgan fingerprint density at radius 3 is 2.50 bits per heavy atom. The Morgan fingerprint density at radius 2 is 1.83 bits per heavy atom.